The molecule has 1 saturated heterocycles. The van der Waals surface area contributed by atoms with Gasteiger partial charge in [0.1, 0.15) is 23.0 Å². The molecule has 3 aromatic carbocycles. The Hall–Kier alpha value is -4.37. The van der Waals surface area contributed by atoms with Gasteiger partial charge < -0.3 is 19.3 Å². The third-order valence-corrected chi connectivity index (χ3v) is 7.36. The summed E-state index contributed by atoms with van der Waals surface area (Å²) in [6.07, 6.45) is 0.867. The van der Waals surface area contributed by atoms with Crippen LogP contribution in [-0.2, 0) is 9.59 Å². The summed E-state index contributed by atoms with van der Waals surface area (Å²) in [6, 6.07) is 18.5. The van der Waals surface area contributed by atoms with Gasteiger partial charge in [0.15, 0.2) is 5.13 Å². The molecule has 2 heterocycles. The van der Waals surface area contributed by atoms with Crippen LogP contribution in [0.3, 0.4) is 0 Å². The number of ether oxygens (including phenoxy) is 3. The van der Waals surface area contributed by atoms with Crippen molar-refractivity contribution in [3.05, 3.63) is 83.4 Å². The highest BCUT2D eigenvalue weighted by atomic mass is 32.1. The molecule has 1 N–H and O–H groups in total. The molecule has 4 aromatic rings. The number of anilines is 1. The summed E-state index contributed by atoms with van der Waals surface area (Å²) in [5, 5.41) is 11.7. The van der Waals surface area contributed by atoms with Crippen molar-refractivity contribution >= 4 is 44.1 Å². The SMILES string of the molecule is CCCOc1ccc(/C(O)=C2\C(=O)C(=O)N(c3nc4ccc(OC)cc4s3)C2c2ccc(OCC)cc2)cc1. The number of carbonyl (C=O) groups is 2. The molecule has 5 rings (SSSR count). The summed E-state index contributed by atoms with van der Waals surface area (Å²) in [4.78, 5) is 33.0. The lowest BCUT2D eigenvalue weighted by Crippen LogP contribution is -2.29. The Morgan fingerprint density at radius 3 is 2.28 bits per heavy atom. The number of ketones is 1. The van der Waals surface area contributed by atoms with Crippen molar-refractivity contribution in [2.24, 2.45) is 0 Å². The van der Waals surface area contributed by atoms with E-state index in [-0.39, 0.29) is 11.3 Å². The van der Waals surface area contributed by atoms with E-state index in [1.165, 1.54) is 16.2 Å². The molecule has 1 amide bonds. The Balaban J connectivity index is 1.63. The molecule has 200 valence electrons. The number of carbonyl (C=O) groups excluding carboxylic acids is 2. The molecule has 39 heavy (non-hydrogen) atoms. The Bertz CT molecular complexity index is 1540. The molecule has 0 aliphatic carbocycles. The fourth-order valence-corrected chi connectivity index (χ4v) is 5.49. The number of fused-ring (bicyclic) bond motifs is 1. The smallest absolute Gasteiger partial charge is 0.301 e. The van der Waals surface area contributed by atoms with Gasteiger partial charge in [-0.25, -0.2) is 4.98 Å². The first-order valence-electron chi connectivity index (χ1n) is 12.7. The monoisotopic (exact) mass is 544 g/mol. The zero-order valence-corrected chi connectivity index (χ0v) is 22.7. The number of hydrogen-bond acceptors (Lipinski definition) is 8. The van der Waals surface area contributed by atoms with Gasteiger partial charge in [0.2, 0.25) is 0 Å². The van der Waals surface area contributed by atoms with Crippen molar-refractivity contribution in [1.29, 1.82) is 0 Å². The highest BCUT2D eigenvalue weighted by molar-refractivity contribution is 7.22. The topological polar surface area (TPSA) is 98.2 Å². The predicted octanol–water partition coefficient (Wildman–Crippen LogP) is 6.12. The molecule has 1 unspecified atom stereocenters. The van der Waals surface area contributed by atoms with E-state index in [1.807, 2.05) is 19.9 Å². The van der Waals surface area contributed by atoms with E-state index < -0.39 is 17.7 Å². The zero-order chi connectivity index (χ0) is 27.5. The number of thiazole rings is 1. The number of amides is 1. The van der Waals surface area contributed by atoms with Crippen LogP contribution in [0.1, 0.15) is 37.4 Å². The van der Waals surface area contributed by atoms with Crippen molar-refractivity contribution in [2.75, 3.05) is 25.2 Å². The van der Waals surface area contributed by atoms with Crippen LogP contribution in [0.25, 0.3) is 16.0 Å². The van der Waals surface area contributed by atoms with Crippen LogP contribution in [0.5, 0.6) is 17.2 Å². The quantitative estimate of drug-likeness (QED) is 0.154. The number of methoxy groups -OCH3 is 1. The Kier molecular flexibility index (Phi) is 7.51. The van der Waals surface area contributed by atoms with Gasteiger partial charge in [-0.1, -0.05) is 30.4 Å². The van der Waals surface area contributed by atoms with Gasteiger partial charge in [-0.2, -0.15) is 0 Å². The maximum absolute atomic E-state index is 13.5. The number of benzene rings is 3. The molecule has 0 bridgehead atoms. The number of hydrogen-bond donors (Lipinski definition) is 1. The standard InChI is InChI=1S/C30H28N2O6S/c1-4-16-38-21-12-8-19(9-13-21)27(33)25-26(18-6-10-20(11-7-18)37-5-2)32(29(35)28(25)34)30-31-23-15-14-22(36-3)17-24(23)39-30/h6-15,17,26,33H,4-5,16H2,1-3H3/b27-25+. The Morgan fingerprint density at radius 2 is 1.62 bits per heavy atom. The van der Waals surface area contributed by atoms with E-state index in [1.54, 1.807) is 67.8 Å². The number of aromatic nitrogens is 1. The molecule has 1 aliphatic heterocycles. The van der Waals surface area contributed by atoms with Gasteiger partial charge in [0.25, 0.3) is 5.78 Å². The van der Waals surface area contributed by atoms with E-state index in [9.17, 15) is 14.7 Å². The van der Waals surface area contributed by atoms with Crippen LogP contribution in [0.4, 0.5) is 5.13 Å². The largest absolute Gasteiger partial charge is 0.507 e. The fourth-order valence-electron chi connectivity index (χ4n) is 4.47. The summed E-state index contributed by atoms with van der Waals surface area (Å²) >= 11 is 1.27. The lowest BCUT2D eigenvalue weighted by molar-refractivity contribution is -0.132. The van der Waals surface area contributed by atoms with Gasteiger partial charge in [-0.3, -0.25) is 14.5 Å². The van der Waals surface area contributed by atoms with Gasteiger partial charge in [0, 0.05) is 5.56 Å². The minimum absolute atomic E-state index is 0.0109. The van der Waals surface area contributed by atoms with Crippen LogP contribution in [0, 0.1) is 0 Å². The molecule has 1 aliphatic rings. The maximum Gasteiger partial charge on any atom is 0.301 e. The first-order chi connectivity index (χ1) is 18.9. The van der Waals surface area contributed by atoms with Crippen molar-refractivity contribution in [2.45, 2.75) is 26.3 Å². The number of aliphatic hydroxyl groups excluding tert-OH is 1. The van der Waals surface area contributed by atoms with E-state index in [0.29, 0.717) is 52.2 Å². The predicted molar refractivity (Wildman–Crippen MR) is 151 cm³/mol. The first-order valence-corrected chi connectivity index (χ1v) is 13.5. The highest BCUT2D eigenvalue weighted by Crippen LogP contribution is 2.45. The summed E-state index contributed by atoms with van der Waals surface area (Å²) in [7, 11) is 1.58. The molecule has 0 radical (unpaired) electrons. The third kappa shape index (κ3) is 5.05. The van der Waals surface area contributed by atoms with Gasteiger partial charge >= 0.3 is 5.91 Å². The van der Waals surface area contributed by atoms with Crippen LogP contribution >= 0.6 is 11.3 Å². The third-order valence-electron chi connectivity index (χ3n) is 6.34. The molecule has 0 spiro atoms. The summed E-state index contributed by atoms with van der Waals surface area (Å²) in [6.45, 7) is 4.98. The molecule has 0 saturated carbocycles. The highest BCUT2D eigenvalue weighted by Gasteiger charge is 2.48. The van der Waals surface area contributed by atoms with Crippen molar-refractivity contribution in [3.63, 3.8) is 0 Å². The van der Waals surface area contributed by atoms with Gasteiger partial charge in [-0.15, -0.1) is 0 Å². The molecular weight excluding hydrogens is 516 g/mol. The summed E-state index contributed by atoms with van der Waals surface area (Å²) in [5.74, 6) is 0.169. The van der Waals surface area contributed by atoms with Crippen molar-refractivity contribution < 1.29 is 28.9 Å². The summed E-state index contributed by atoms with van der Waals surface area (Å²) < 4.78 is 17.4. The maximum atomic E-state index is 13.5. The van der Waals surface area contributed by atoms with Crippen LogP contribution < -0.4 is 19.1 Å². The number of rotatable bonds is 9. The van der Waals surface area contributed by atoms with E-state index >= 15 is 0 Å². The second kappa shape index (κ2) is 11.2. The lowest BCUT2D eigenvalue weighted by atomic mass is 9.95. The van der Waals surface area contributed by atoms with Crippen molar-refractivity contribution in [3.8, 4) is 17.2 Å². The summed E-state index contributed by atoms with van der Waals surface area (Å²) in [5.41, 5.74) is 1.70. The van der Waals surface area contributed by atoms with Crippen LogP contribution in [-0.4, -0.2) is 42.1 Å². The van der Waals surface area contributed by atoms with E-state index in [4.69, 9.17) is 14.2 Å². The van der Waals surface area contributed by atoms with Crippen molar-refractivity contribution in [1.82, 2.24) is 4.98 Å². The fraction of sp³-hybridized carbons (Fsp3) is 0.233. The molecule has 1 fully saturated rings. The van der Waals surface area contributed by atoms with Crippen LogP contribution in [0.15, 0.2) is 72.3 Å². The normalized spacial score (nSPS) is 16.6. The van der Waals surface area contributed by atoms with Gasteiger partial charge in [-0.05, 0) is 73.5 Å². The Labute approximate surface area is 230 Å². The van der Waals surface area contributed by atoms with E-state index in [0.717, 1.165) is 11.1 Å². The van der Waals surface area contributed by atoms with Crippen LogP contribution in [0.2, 0.25) is 0 Å². The molecule has 8 nitrogen and oxygen atoms in total. The number of aliphatic hydroxyl groups is 1. The van der Waals surface area contributed by atoms with Gasteiger partial charge in [0.05, 0.1) is 42.2 Å². The second-order valence-corrected chi connectivity index (χ2v) is 9.88. The lowest BCUT2D eigenvalue weighted by Gasteiger charge is -2.23. The zero-order valence-electron chi connectivity index (χ0n) is 21.8. The minimum atomic E-state index is -0.890. The van der Waals surface area contributed by atoms with E-state index in [2.05, 4.69) is 4.98 Å². The average molecular weight is 545 g/mol. The number of nitrogens with zero attached hydrogens (tertiary/aromatic N) is 2. The second-order valence-electron chi connectivity index (χ2n) is 8.87. The molecular formula is C30H28N2O6S. The molecule has 1 aromatic heterocycles. The minimum Gasteiger partial charge on any atom is -0.507 e. The average Bonchev–Trinajstić information content (AvgIpc) is 3.49. The first kappa shape index (κ1) is 26.2. The Morgan fingerprint density at radius 1 is 0.949 bits per heavy atom. The molecule has 1 atom stereocenters. The number of Topliss-reactive ketones (excluding diaryl/α,β-unsaturated/α-hetero) is 1. The molecule has 9 heteroatoms.